The third-order valence-corrected chi connectivity index (χ3v) is 0.192. The summed E-state index contributed by atoms with van der Waals surface area (Å²) in [6.07, 6.45) is -1.10. The van der Waals surface area contributed by atoms with Gasteiger partial charge in [-0.1, -0.05) is 0 Å². The second-order valence-electron chi connectivity index (χ2n) is 0.486. The zero-order valence-corrected chi connectivity index (χ0v) is 8.88. The normalized spacial score (nSPS) is 5.00. The van der Waals surface area contributed by atoms with Crippen LogP contribution in [0.5, 0.6) is 0 Å². The maximum atomic E-state index is 9.49. The van der Waals surface area contributed by atoms with Crippen LogP contribution in [0.1, 0.15) is 2.85 Å². The maximum Gasteiger partial charge on any atom is 1.00 e. The number of rotatable bonds is 0. The van der Waals surface area contributed by atoms with Crippen molar-refractivity contribution >= 4 is 22.3 Å². The first-order valence-corrected chi connectivity index (χ1v) is 1.08. The molecule has 0 atom stereocenters. The Morgan fingerprint density at radius 3 is 1.50 bits per heavy atom. The van der Waals surface area contributed by atoms with Crippen LogP contribution < -0.4 is 59.1 Å². The molecule has 0 saturated heterocycles. The molecule has 0 heterocycles. The molecule has 0 spiro atoms. The Hall–Kier alpha value is 1.40. The quantitative estimate of drug-likeness (QED) is 0.305. The van der Waals surface area contributed by atoms with Gasteiger partial charge < -0.3 is 12.2 Å². The summed E-state index contributed by atoms with van der Waals surface area (Å²) < 4.78 is 6.83. The Labute approximate surface area is 97.3 Å². The topological polar surface area (TPSA) is 35.5 Å². The van der Waals surface area contributed by atoms with Gasteiger partial charge in [0.25, 0.3) is 0 Å². The summed E-state index contributed by atoms with van der Waals surface area (Å²) in [5.41, 5.74) is 0. The monoisotopic (exact) mass is 130 g/mol. The van der Waals surface area contributed by atoms with Crippen molar-refractivity contribution in [3.05, 3.63) is 0 Å². The fraction of sp³-hybridized carbons (Fsp3) is 0. The molecule has 0 fully saturated rings. The SMILES string of the molecule is [B]OC(=O)O[B].[H-].[H-].[Na+].[Na+]. The van der Waals surface area contributed by atoms with Gasteiger partial charge in [0.2, 0.25) is 0 Å². The molecule has 0 aliphatic heterocycles. The smallest absolute Gasteiger partial charge is 1.00 e. The summed E-state index contributed by atoms with van der Waals surface area (Å²) in [5, 5.41) is 0. The van der Waals surface area contributed by atoms with Gasteiger partial charge in [0, 0.05) is 0 Å². The summed E-state index contributed by atoms with van der Waals surface area (Å²) in [5.74, 6) is 0. The molecule has 0 aromatic carbocycles. The Balaban J connectivity index is -0.0000000208. The van der Waals surface area contributed by atoms with Crippen LogP contribution in [0.4, 0.5) is 4.79 Å². The van der Waals surface area contributed by atoms with Crippen LogP contribution in [0.25, 0.3) is 0 Å². The maximum absolute atomic E-state index is 9.49. The summed E-state index contributed by atoms with van der Waals surface area (Å²) in [7, 11) is 8.46. The molecule has 4 radical (unpaired) electrons. The summed E-state index contributed by atoms with van der Waals surface area (Å²) in [6, 6.07) is 0. The van der Waals surface area contributed by atoms with E-state index in [0.717, 1.165) is 0 Å². The zero-order valence-electron chi connectivity index (χ0n) is 6.88. The van der Waals surface area contributed by atoms with Gasteiger partial charge in [-0.2, -0.15) is 0 Å². The average Bonchev–Trinajstić information content (AvgIpc) is 1.65. The van der Waals surface area contributed by atoms with Gasteiger partial charge in [0.15, 0.2) is 0 Å². The zero-order chi connectivity index (χ0) is 4.99. The van der Waals surface area contributed by atoms with Crippen molar-refractivity contribution in [2.45, 2.75) is 0 Å². The largest absolute Gasteiger partial charge is 1.00 e. The van der Waals surface area contributed by atoms with Crippen LogP contribution in [0.2, 0.25) is 0 Å². The van der Waals surface area contributed by atoms with E-state index in [0.29, 0.717) is 0 Å². The van der Waals surface area contributed by atoms with Crippen LogP contribution in [0, 0.1) is 0 Å². The van der Waals surface area contributed by atoms with Gasteiger partial charge in [-0.05, 0) is 0 Å². The second kappa shape index (κ2) is 11.2. The van der Waals surface area contributed by atoms with E-state index in [4.69, 9.17) is 0 Å². The molecule has 0 aliphatic rings. The van der Waals surface area contributed by atoms with Crippen LogP contribution in [-0.4, -0.2) is 22.3 Å². The van der Waals surface area contributed by atoms with E-state index in [2.05, 4.69) is 25.4 Å². The third kappa shape index (κ3) is 10.4. The summed E-state index contributed by atoms with van der Waals surface area (Å²) in [6.45, 7) is 0. The predicted octanol–water partition coefficient (Wildman–Crippen LogP) is -6.46. The van der Waals surface area contributed by atoms with E-state index < -0.39 is 6.16 Å². The van der Waals surface area contributed by atoms with Gasteiger partial charge in [-0.25, -0.2) is 4.79 Å². The van der Waals surface area contributed by atoms with E-state index in [1.165, 1.54) is 0 Å². The van der Waals surface area contributed by atoms with Gasteiger partial charge in [0.1, 0.15) is 0 Å². The minimum absolute atomic E-state index is 0. The van der Waals surface area contributed by atoms with E-state index >= 15 is 0 Å². The molecule has 0 aromatic rings. The van der Waals surface area contributed by atoms with Crippen molar-refractivity contribution in [2.24, 2.45) is 0 Å². The Bertz CT molecular complexity index is 60.5. The average molecular weight is 130 g/mol. The van der Waals surface area contributed by atoms with Crippen LogP contribution in [0.15, 0.2) is 0 Å². The first kappa shape index (κ1) is 16.2. The summed E-state index contributed by atoms with van der Waals surface area (Å²) in [4.78, 5) is 9.49. The molecule has 0 unspecified atom stereocenters. The molecular weight excluding hydrogens is 128 g/mol. The minimum Gasteiger partial charge on any atom is -1.00 e. The molecule has 0 rings (SSSR count). The van der Waals surface area contributed by atoms with E-state index in [1.807, 2.05) is 0 Å². The molecule has 7 heteroatoms. The fourth-order valence-corrected chi connectivity index (χ4v) is 0.0278. The first-order valence-electron chi connectivity index (χ1n) is 1.08. The summed E-state index contributed by atoms with van der Waals surface area (Å²) >= 11 is 0. The van der Waals surface area contributed by atoms with E-state index in [9.17, 15) is 4.79 Å². The predicted molar refractivity (Wildman–Crippen MR) is 21.3 cm³/mol. The molecule has 0 amide bonds. The molecule has 0 saturated carbocycles. The number of carbonyl (C=O) groups is 1. The number of hydrogen-bond acceptors (Lipinski definition) is 3. The van der Waals surface area contributed by atoms with Crippen LogP contribution in [0.3, 0.4) is 0 Å². The van der Waals surface area contributed by atoms with Crippen molar-refractivity contribution in [1.29, 1.82) is 0 Å². The van der Waals surface area contributed by atoms with Crippen molar-refractivity contribution in [1.82, 2.24) is 0 Å². The van der Waals surface area contributed by atoms with Crippen molar-refractivity contribution < 1.29 is 76.1 Å². The number of carbonyl (C=O) groups excluding carboxylic acids is 1. The van der Waals surface area contributed by atoms with E-state index in [1.54, 1.807) is 0 Å². The Morgan fingerprint density at radius 2 is 1.50 bits per heavy atom. The Morgan fingerprint density at radius 1 is 1.25 bits per heavy atom. The minimum atomic E-state index is -1.10. The van der Waals surface area contributed by atoms with Crippen molar-refractivity contribution in [3.63, 3.8) is 0 Å². The first-order chi connectivity index (χ1) is 2.81. The molecule has 0 aliphatic carbocycles. The fourth-order valence-electron chi connectivity index (χ4n) is 0.0278. The number of hydrogen-bond donors (Lipinski definition) is 0. The third-order valence-electron chi connectivity index (χ3n) is 0.192. The van der Waals surface area contributed by atoms with E-state index in [-0.39, 0.29) is 62.0 Å². The molecule has 8 heavy (non-hydrogen) atoms. The van der Waals surface area contributed by atoms with Crippen molar-refractivity contribution in [2.75, 3.05) is 0 Å². The van der Waals surface area contributed by atoms with Crippen LogP contribution >= 0.6 is 0 Å². The Kier molecular flexibility index (Phi) is 22.7. The second-order valence-corrected chi connectivity index (χ2v) is 0.486. The molecule has 0 bridgehead atoms. The van der Waals surface area contributed by atoms with Gasteiger partial charge in [0.05, 0.1) is 0 Å². The van der Waals surface area contributed by atoms with Crippen molar-refractivity contribution in [3.8, 4) is 0 Å². The molecule has 32 valence electrons. The molecule has 3 nitrogen and oxygen atoms in total. The standard InChI is InChI=1S/CB2O3.2Na.2H/c2-5-1(4)6-3;;;;/q;2*+1;2*-1. The van der Waals surface area contributed by atoms with Crippen LogP contribution in [-0.2, 0) is 9.31 Å². The van der Waals surface area contributed by atoms with Gasteiger partial charge in [-0.3, -0.25) is 0 Å². The molecule has 0 aromatic heterocycles. The van der Waals surface area contributed by atoms with Gasteiger partial charge >= 0.3 is 81.4 Å². The van der Waals surface area contributed by atoms with Gasteiger partial charge in [-0.15, -0.1) is 0 Å². The molecule has 0 N–H and O–H groups in total. The molecular formula is CH2B2Na2O3.